The predicted octanol–water partition coefficient (Wildman–Crippen LogP) is 5.16. The topological polar surface area (TPSA) is 80.1 Å². The molecule has 0 atom stereocenters. The fraction of sp³-hybridized carbons (Fsp3) is 0.148. The number of rotatable bonds is 5. The Kier molecular flexibility index (Phi) is 6.84. The van der Waals surface area contributed by atoms with Gasteiger partial charge in [-0.25, -0.2) is 4.68 Å². The molecule has 4 aromatic rings. The van der Waals surface area contributed by atoms with Crippen molar-refractivity contribution in [1.82, 2.24) is 9.36 Å². The van der Waals surface area contributed by atoms with Gasteiger partial charge in [0.25, 0.3) is 11.5 Å². The van der Waals surface area contributed by atoms with E-state index in [9.17, 15) is 9.59 Å². The third kappa shape index (κ3) is 5.17. The molecule has 178 valence electrons. The molecule has 0 aliphatic rings. The van der Waals surface area contributed by atoms with Gasteiger partial charge in [-0.05, 0) is 80.5 Å². The Balaban J connectivity index is 1.51. The van der Waals surface area contributed by atoms with Gasteiger partial charge in [0.05, 0.1) is 11.4 Å². The number of aryl methyl sites for hydroxylation is 2. The van der Waals surface area contributed by atoms with E-state index in [-0.39, 0.29) is 17.2 Å². The molecule has 4 rings (SSSR count). The average molecular weight is 486 g/mol. The van der Waals surface area contributed by atoms with Crippen molar-refractivity contribution in [1.29, 1.82) is 0 Å². The summed E-state index contributed by atoms with van der Waals surface area (Å²) in [5.41, 5.74) is 5.51. The number of hydrogen-bond donors (Lipinski definition) is 3. The molecule has 8 heteroatoms. The van der Waals surface area contributed by atoms with Crippen LogP contribution in [0.25, 0.3) is 5.69 Å². The highest BCUT2D eigenvalue weighted by Crippen LogP contribution is 2.19. The van der Waals surface area contributed by atoms with Gasteiger partial charge in [-0.1, -0.05) is 36.4 Å². The van der Waals surface area contributed by atoms with Crippen molar-refractivity contribution < 1.29 is 4.79 Å². The highest BCUT2D eigenvalue weighted by Gasteiger charge is 2.19. The molecule has 0 unspecified atom stereocenters. The Hall–Kier alpha value is -4.17. The van der Waals surface area contributed by atoms with Crippen LogP contribution in [0.15, 0.2) is 77.6 Å². The van der Waals surface area contributed by atoms with E-state index in [0.29, 0.717) is 22.1 Å². The summed E-state index contributed by atoms with van der Waals surface area (Å²) in [4.78, 5) is 26.1. The summed E-state index contributed by atoms with van der Waals surface area (Å²) in [6.45, 7) is 5.82. The largest absolute Gasteiger partial charge is 0.332 e. The Labute approximate surface area is 209 Å². The van der Waals surface area contributed by atoms with Crippen LogP contribution in [-0.4, -0.2) is 20.4 Å². The lowest BCUT2D eigenvalue weighted by Gasteiger charge is -2.14. The van der Waals surface area contributed by atoms with Gasteiger partial charge in [0.1, 0.15) is 5.69 Å². The smallest absolute Gasteiger partial charge is 0.295 e. The number of carbonyl (C=O) groups excluding carboxylic acids is 1. The van der Waals surface area contributed by atoms with Gasteiger partial charge in [0, 0.05) is 24.0 Å². The van der Waals surface area contributed by atoms with Crippen molar-refractivity contribution >= 4 is 40.3 Å². The Morgan fingerprint density at radius 1 is 0.857 bits per heavy atom. The maximum absolute atomic E-state index is 13.1. The first-order chi connectivity index (χ1) is 16.7. The number of amides is 1. The first-order valence-corrected chi connectivity index (χ1v) is 11.6. The summed E-state index contributed by atoms with van der Waals surface area (Å²) in [6.07, 6.45) is 0. The molecule has 1 amide bonds. The molecular formula is C27H27N5O2S. The van der Waals surface area contributed by atoms with E-state index in [1.165, 1.54) is 4.68 Å². The predicted molar refractivity (Wildman–Crippen MR) is 146 cm³/mol. The van der Waals surface area contributed by atoms with Crippen molar-refractivity contribution in [3.8, 4) is 5.69 Å². The first-order valence-electron chi connectivity index (χ1n) is 11.2. The van der Waals surface area contributed by atoms with E-state index in [1.54, 1.807) is 36.9 Å². The van der Waals surface area contributed by atoms with Crippen LogP contribution in [0.5, 0.6) is 0 Å². The van der Waals surface area contributed by atoms with Gasteiger partial charge >= 0.3 is 0 Å². The third-order valence-corrected chi connectivity index (χ3v) is 6.02. The molecule has 0 saturated heterocycles. The van der Waals surface area contributed by atoms with Crippen molar-refractivity contribution in [3.63, 3.8) is 0 Å². The summed E-state index contributed by atoms with van der Waals surface area (Å²) in [5, 5.41) is 9.53. The molecule has 35 heavy (non-hydrogen) atoms. The van der Waals surface area contributed by atoms with Crippen molar-refractivity contribution in [3.05, 3.63) is 106 Å². The molecule has 0 bridgehead atoms. The van der Waals surface area contributed by atoms with Gasteiger partial charge < -0.3 is 16.0 Å². The normalized spacial score (nSPS) is 10.6. The second kappa shape index (κ2) is 9.99. The molecule has 0 aliphatic carbocycles. The molecule has 0 aliphatic heterocycles. The molecular weight excluding hydrogens is 458 g/mol. The maximum atomic E-state index is 13.1. The van der Waals surface area contributed by atoms with Crippen molar-refractivity contribution in [2.45, 2.75) is 20.8 Å². The minimum atomic E-state index is -0.381. The zero-order chi connectivity index (χ0) is 25.1. The van der Waals surface area contributed by atoms with Crippen LogP contribution in [-0.2, 0) is 7.05 Å². The monoisotopic (exact) mass is 485 g/mol. The van der Waals surface area contributed by atoms with Gasteiger partial charge in [-0.3, -0.25) is 14.3 Å². The lowest BCUT2D eigenvalue weighted by atomic mass is 10.1. The molecule has 1 heterocycles. The SMILES string of the molecule is Cc1ccc(C)c(NC(=S)Nc2cccc(C(=O)Nc3c(C)n(C)n(-c4ccccc4)c3=O)c2)c1. The summed E-state index contributed by atoms with van der Waals surface area (Å²) < 4.78 is 3.25. The van der Waals surface area contributed by atoms with Crippen molar-refractivity contribution in [2.24, 2.45) is 7.05 Å². The van der Waals surface area contributed by atoms with Crippen LogP contribution < -0.4 is 21.5 Å². The molecule has 0 spiro atoms. The van der Waals surface area contributed by atoms with E-state index in [1.807, 2.05) is 68.4 Å². The molecule has 1 aromatic heterocycles. The number of nitrogens with one attached hydrogen (secondary N) is 3. The fourth-order valence-corrected chi connectivity index (χ4v) is 4.02. The van der Waals surface area contributed by atoms with Crippen LogP contribution >= 0.6 is 12.2 Å². The van der Waals surface area contributed by atoms with Crippen LogP contribution in [0.1, 0.15) is 27.2 Å². The zero-order valence-corrected chi connectivity index (χ0v) is 20.9. The maximum Gasteiger partial charge on any atom is 0.295 e. The lowest BCUT2D eigenvalue weighted by Crippen LogP contribution is -2.23. The molecule has 0 radical (unpaired) electrons. The molecule has 0 saturated carbocycles. The molecule has 3 aromatic carbocycles. The van der Waals surface area contributed by atoms with Crippen LogP contribution in [0, 0.1) is 20.8 Å². The number of anilines is 3. The standard InChI is InChI=1S/C27H27N5O2S/c1-17-13-14-18(2)23(15-17)29-27(35)28-21-10-8-9-20(16-21)25(33)30-24-19(3)31(4)32(26(24)34)22-11-6-5-7-12-22/h5-16H,1-4H3,(H,30,33)(H2,28,29,35). The van der Waals surface area contributed by atoms with Crippen molar-refractivity contribution in [2.75, 3.05) is 16.0 Å². The summed E-state index contributed by atoms with van der Waals surface area (Å²) in [7, 11) is 1.79. The van der Waals surface area contributed by atoms with Crippen LogP contribution in [0.2, 0.25) is 0 Å². The fourth-order valence-electron chi connectivity index (χ4n) is 3.79. The van der Waals surface area contributed by atoms with Gasteiger partial charge in [-0.2, -0.15) is 0 Å². The second-order valence-electron chi connectivity index (χ2n) is 8.37. The Bertz CT molecular complexity index is 1470. The third-order valence-electron chi connectivity index (χ3n) is 5.82. The highest BCUT2D eigenvalue weighted by atomic mass is 32.1. The lowest BCUT2D eigenvalue weighted by molar-refractivity contribution is 0.102. The number of carbonyl (C=O) groups is 1. The number of nitrogens with zero attached hydrogens (tertiary/aromatic N) is 2. The molecule has 0 fully saturated rings. The molecule has 3 N–H and O–H groups in total. The minimum Gasteiger partial charge on any atom is -0.332 e. The van der Waals surface area contributed by atoms with Gasteiger partial charge in [-0.15, -0.1) is 0 Å². The average Bonchev–Trinajstić information content (AvgIpc) is 3.05. The van der Waals surface area contributed by atoms with E-state index in [0.717, 1.165) is 22.5 Å². The Morgan fingerprint density at radius 3 is 2.34 bits per heavy atom. The summed E-state index contributed by atoms with van der Waals surface area (Å²) in [5.74, 6) is -0.381. The number of aromatic nitrogens is 2. The summed E-state index contributed by atoms with van der Waals surface area (Å²) in [6, 6.07) is 22.4. The van der Waals surface area contributed by atoms with E-state index in [2.05, 4.69) is 16.0 Å². The molecule has 7 nitrogen and oxygen atoms in total. The van der Waals surface area contributed by atoms with Crippen LogP contribution in [0.3, 0.4) is 0 Å². The number of benzene rings is 3. The Morgan fingerprint density at radius 2 is 1.60 bits per heavy atom. The quantitative estimate of drug-likeness (QED) is 0.340. The van der Waals surface area contributed by atoms with Gasteiger partial charge in [0.15, 0.2) is 5.11 Å². The summed E-state index contributed by atoms with van der Waals surface area (Å²) >= 11 is 5.46. The number of para-hydroxylation sites is 1. The van der Waals surface area contributed by atoms with Gasteiger partial charge in [0.2, 0.25) is 0 Å². The number of hydrogen-bond acceptors (Lipinski definition) is 3. The number of thiocarbonyl (C=S) groups is 1. The van der Waals surface area contributed by atoms with E-state index < -0.39 is 0 Å². The van der Waals surface area contributed by atoms with Crippen LogP contribution in [0.4, 0.5) is 17.1 Å². The first kappa shape index (κ1) is 24.0. The minimum absolute atomic E-state index is 0.242. The highest BCUT2D eigenvalue weighted by molar-refractivity contribution is 7.80. The van der Waals surface area contributed by atoms with E-state index >= 15 is 0 Å². The second-order valence-corrected chi connectivity index (χ2v) is 8.78. The zero-order valence-electron chi connectivity index (χ0n) is 20.0. The van der Waals surface area contributed by atoms with E-state index in [4.69, 9.17) is 12.2 Å².